The van der Waals surface area contributed by atoms with Crippen molar-refractivity contribution >= 4 is 33.4 Å². The van der Waals surface area contributed by atoms with Gasteiger partial charge in [0.1, 0.15) is 4.95 Å². The number of carbonyl (C=O) groups is 1. The maximum atomic E-state index is 11.0. The van der Waals surface area contributed by atoms with Crippen molar-refractivity contribution in [2.45, 2.75) is 4.95 Å². The molecule has 2 N–H and O–H groups in total. The van der Waals surface area contributed by atoms with Gasteiger partial charge < -0.3 is 10.5 Å². The largest absolute Gasteiger partial charge is 0.464 e. The molecule has 0 amide bonds. The maximum Gasteiger partial charge on any atom is 0.360 e. The highest BCUT2D eigenvalue weighted by Crippen LogP contribution is 2.07. The Morgan fingerprint density at radius 3 is 3.08 bits per heavy atom. The number of amidine groups is 1. The molecule has 12 heavy (non-hydrogen) atoms. The summed E-state index contributed by atoms with van der Waals surface area (Å²) < 4.78 is 4.46. The second-order valence-corrected chi connectivity index (χ2v) is 3.19. The Hall–Kier alpha value is -0.910. The van der Waals surface area contributed by atoms with Crippen molar-refractivity contribution in [3.8, 4) is 0 Å². The summed E-state index contributed by atoms with van der Waals surface area (Å²) in [6.45, 7) is 0.451. The molecule has 66 valence electrons. The number of ether oxygens (including phenoxy) is 1. The summed E-state index contributed by atoms with van der Waals surface area (Å²) in [5.74, 6) is -0.419. The van der Waals surface area contributed by atoms with Crippen LogP contribution in [0.2, 0.25) is 0 Å². The molecule has 0 aromatic carbocycles. The summed E-state index contributed by atoms with van der Waals surface area (Å²) in [5, 5.41) is 0. The molecule has 0 saturated heterocycles. The summed E-state index contributed by atoms with van der Waals surface area (Å²) in [5.41, 5.74) is 5.50. The molecule has 0 fully saturated rings. The monoisotopic (exact) mass is 233 g/mol. The van der Waals surface area contributed by atoms with Gasteiger partial charge in [-0.15, -0.1) is 0 Å². The van der Waals surface area contributed by atoms with Gasteiger partial charge >= 0.3 is 5.97 Å². The normalized spacial score (nSPS) is 22.7. The fraction of sp³-hybridized carbons (Fsp3) is 0.500. The van der Waals surface area contributed by atoms with Crippen LogP contribution in [0.3, 0.4) is 0 Å². The Morgan fingerprint density at radius 2 is 2.50 bits per heavy atom. The number of nitrogens with two attached hydrogens (primary N) is 1. The Balaban J connectivity index is 2.86. The van der Waals surface area contributed by atoms with E-state index in [9.17, 15) is 4.79 Å². The molecule has 1 aliphatic heterocycles. The molecule has 0 saturated carbocycles. The topological polar surface area (TPSA) is 77.0 Å². The van der Waals surface area contributed by atoms with E-state index >= 15 is 0 Å². The number of aliphatic imine (C=N–C) groups is 2. The second-order valence-electron chi connectivity index (χ2n) is 2.13. The third-order valence-corrected chi connectivity index (χ3v) is 1.80. The lowest BCUT2D eigenvalue weighted by molar-refractivity contribution is -0.132. The summed E-state index contributed by atoms with van der Waals surface area (Å²) >= 11 is 3.20. The van der Waals surface area contributed by atoms with Crippen molar-refractivity contribution in [1.29, 1.82) is 0 Å². The molecular weight excluding hydrogens is 226 g/mol. The smallest absolute Gasteiger partial charge is 0.360 e. The number of methoxy groups -OCH3 is 1. The molecule has 6 heteroatoms. The Bertz CT molecular complexity index is 262. The number of alkyl halides is 1. The van der Waals surface area contributed by atoms with E-state index in [0.717, 1.165) is 0 Å². The Kier molecular flexibility index (Phi) is 2.80. The minimum atomic E-state index is -0.555. The van der Waals surface area contributed by atoms with Crippen LogP contribution in [0.15, 0.2) is 9.98 Å². The zero-order valence-electron chi connectivity index (χ0n) is 6.45. The van der Waals surface area contributed by atoms with Gasteiger partial charge in [-0.25, -0.2) is 4.79 Å². The molecule has 0 aromatic heterocycles. The third-order valence-electron chi connectivity index (χ3n) is 1.30. The molecular formula is C6H8BrN3O2. The number of esters is 1. The molecule has 0 spiro atoms. The summed E-state index contributed by atoms with van der Waals surface area (Å²) in [6, 6.07) is 0. The number of rotatable bonds is 1. The van der Waals surface area contributed by atoms with Crippen molar-refractivity contribution in [1.82, 2.24) is 0 Å². The van der Waals surface area contributed by atoms with Gasteiger partial charge in [0.2, 0.25) is 0 Å². The number of hydrogen-bond acceptors (Lipinski definition) is 5. The van der Waals surface area contributed by atoms with E-state index in [0.29, 0.717) is 6.54 Å². The van der Waals surface area contributed by atoms with E-state index in [1.54, 1.807) is 0 Å². The molecule has 1 rings (SSSR count). The molecule has 0 radical (unpaired) electrons. The van der Waals surface area contributed by atoms with Crippen LogP contribution in [-0.2, 0) is 9.53 Å². The van der Waals surface area contributed by atoms with Crippen LogP contribution >= 0.6 is 15.9 Å². The molecule has 5 nitrogen and oxygen atoms in total. The lowest BCUT2D eigenvalue weighted by Gasteiger charge is -2.11. The van der Waals surface area contributed by atoms with E-state index in [1.807, 2.05) is 0 Å². The van der Waals surface area contributed by atoms with Gasteiger partial charge in [0.15, 0.2) is 11.5 Å². The molecule has 0 aliphatic carbocycles. The van der Waals surface area contributed by atoms with Gasteiger partial charge in [0.05, 0.1) is 13.7 Å². The zero-order chi connectivity index (χ0) is 9.14. The highest BCUT2D eigenvalue weighted by atomic mass is 79.9. The average molecular weight is 234 g/mol. The average Bonchev–Trinajstić information content (AvgIpc) is 2.08. The first kappa shape index (κ1) is 9.18. The van der Waals surface area contributed by atoms with E-state index in [2.05, 4.69) is 30.7 Å². The molecule has 1 aliphatic rings. The maximum absolute atomic E-state index is 11.0. The molecule has 1 atom stereocenters. The van der Waals surface area contributed by atoms with Crippen LogP contribution in [0.5, 0.6) is 0 Å². The fourth-order valence-corrected chi connectivity index (χ4v) is 1.10. The lowest BCUT2D eigenvalue weighted by atomic mass is 10.3. The standard InChI is InChI=1S/C6H8BrN3O2/c1-12-6(11)4-5(8)9-2-3(7)10-4/h3H,2H2,1H3,(H2,8,9). The van der Waals surface area contributed by atoms with Crippen LogP contribution in [-0.4, -0.2) is 36.1 Å². The molecule has 0 aromatic rings. The van der Waals surface area contributed by atoms with Crippen molar-refractivity contribution in [3.63, 3.8) is 0 Å². The SMILES string of the molecule is COC(=O)C1=NC(Br)CN=C1N. The predicted molar refractivity (Wildman–Crippen MR) is 48.7 cm³/mol. The van der Waals surface area contributed by atoms with Crippen LogP contribution in [0.4, 0.5) is 0 Å². The first-order valence-electron chi connectivity index (χ1n) is 3.25. The van der Waals surface area contributed by atoms with Gasteiger partial charge in [0.25, 0.3) is 0 Å². The van der Waals surface area contributed by atoms with Crippen molar-refractivity contribution in [2.75, 3.05) is 13.7 Å². The molecule has 0 bridgehead atoms. The second kappa shape index (κ2) is 3.66. The zero-order valence-corrected chi connectivity index (χ0v) is 8.04. The van der Waals surface area contributed by atoms with Gasteiger partial charge in [-0.05, 0) is 0 Å². The number of carbonyl (C=O) groups excluding carboxylic acids is 1. The van der Waals surface area contributed by atoms with Gasteiger partial charge in [-0.1, -0.05) is 15.9 Å². The Morgan fingerprint density at radius 1 is 1.83 bits per heavy atom. The van der Waals surface area contributed by atoms with Crippen molar-refractivity contribution in [3.05, 3.63) is 0 Å². The minimum Gasteiger partial charge on any atom is -0.464 e. The molecule has 1 heterocycles. The van der Waals surface area contributed by atoms with Gasteiger partial charge in [-0.3, -0.25) is 9.98 Å². The van der Waals surface area contributed by atoms with Gasteiger partial charge in [-0.2, -0.15) is 0 Å². The Labute approximate surface area is 77.8 Å². The first-order valence-corrected chi connectivity index (χ1v) is 4.17. The highest BCUT2D eigenvalue weighted by Gasteiger charge is 2.21. The lowest BCUT2D eigenvalue weighted by Crippen LogP contribution is -2.36. The highest BCUT2D eigenvalue weighted by molar-refractivity contribution is 9.09. The van der Waals surface area contributed by atoms with Crippen LogP contribution < -0.4 is 5.73 Å². The predicted octanol–water partition coefficient (Wildman–Crippen LogP) is -0.308. The van der Waals surface area contributed by atoms with Crippen LogP contribution in [0, 0.1) is 0 Å². The van der Waals surface area contributed by atoms with Crippen LogP contribution in [0.25, 0.3) is 0 Å². The minimum absolute atomic E-state index is 0.0885. The number of halogens is 1. The van der Waals surface area contributed by atoms with E-state index in [4.69, 9.17) is 5.73 Å². The van der Waals surface area contributed by atoms with E-state index in [1.165, 1.54) is 7.11 Å². The van der Waals surface area contributed by atoms with Crippen molar-refractivity contribution < 1.29 is 9.53 Å². The quantitative estimate of drug-likeness (QED) is 0.384. The van der Waals surface area contributed by atoms with E-state index < -0.39 is 5.97 Å². The van der Waals surface area contributed by atoms with Crippen LogP contribution in [0.1, 0.15) is 0 Å². The third kappa shape index (κ3) is 1.82. The summed E-state index contributed by atoms with van der Waals surface area (Å²) in [4.78, 5) is 18.6. The van der Waals surface area contributed by atoms with E-state index in [-0.39, 0.29) is 16.5 Å². The first-order chi connectivity index (χ1) is 5.65. The number of hydrogen-bond donors (Lipinski definition) is 1. The summed E-state index contributed by atoms with van der Waals surface area (Å²) in [6.07, 6.45) is 0. The fourth-order valence-electron chi connectivity index (χ4n) is 0.750. The van der Waals surface area contributed by atoms with Gasteiger partial charge in [0, 0.05) is 0 Å². The summed E-state index contributed by atoms with van der Waals surface area (Å²) in [7, 11) is 1.27. The number of nitrogens with zero attached hydrogens (tertiary/aromatic N) is 2. The molecule has 1 unspecified atom stereocenters. The van der Waals surface area contributed by atoms with Crippen molar-refractivity contribution in [2.24, 2.45) is 15.7 Å².